The van der Waals surface area contributed by atoms with E-state index in [1.165, 1.54) is 12.0 Å². The van der Waals surface area contributed by atoms with Gasteiger partial charge in [-0.2, -0.15) is 0 Å². The summed E-state index contributed by atoms with van der Waals surface area (Å²) in [5.41, 5.74) is 2.29. The molecule has 1 saturated carbocycles. The van der Waals surface area contributed by atoms with E-state index in [-0.39, 0.29) is 0 Å². The van der Waals surface area contributed by atoms with E-state index in [4.69, 9.17) is 0 Å². The molecule has 1 heteroatoms. The highest BCUT2D eigenvalue weighted by Gasteiger charge is 2.64. The maximum absolute atomic E-state index is 3.87. The van der Waals surface area contributed by atoms with Crippen LogP contribution in [0, 0.1) is 10.8 Å². The Balaban J connectivity index is 1.96. The van der Waals surface area contributed by atoms with Gasteiger partial charge >= 0.3 is 0 Å². The van der Waals surface area contributed by atoms with Crippen molar-refractivity contribution in [2.45, 2.75) is 59.5 Å². The zero-order chi connectivity index (χ0) is 13.4. The molecule has 1 aliphatic rings. The van der Waals surface area contributed by atoms with E-state index in [1.807, 2.05) is 0 Å². The Morgan fingerprint density at radius 2 is 1.61 bits per heavy atom. The Bertz CT molecular complexity index is 377. The molecule has 18 heavy (non-hydrogen) atoms. The Hall–Kier alpha value is -0.820. The van der Waals surface area contributed by atoms with E-state index >= 15 is 0 Å². The molecule has 1 aromatic carbocycles. The molecular formula is C17H27N. The highest BCUT2D eigenvalue weighted by molar-refractivity contribution is 5.20. The van der Waals surface area contributed by atoms with Gasteiger partial charge in [-0.25, -0.2) is 0 Å². The molecular weight excluding hydrogens is 218 g/mol. The molecule has 0 aromatic heterocycles. The summed E-state index contributed by atoms with van der Waals surface area (Å²) in [7, 11) is 0. The van der Waals surface area contributed by atoms with Crippen LogP contribution >= 0.6 is 0 Å². The predicted octanol–water partition coefficient (Wildman–Crippen LogP) is 4.03. The zero-order valence-electron chi connectivity index (χ0n) is 12.5. The van der Waals surface area contributed by atoms with Crippen molar-refractivity contribution in [3.63, 3.8) is 0 Å². The van der Waals surface area contributed by atoms with Crippen LogP contribution in [0.5, 0.6) is 0 Å². The van der Waals surface area contributed by atoms with Gasteiger partial charge in [-0.3, -0.25) is 0 Å². The standard InChI is InChI=1S/C17H27N/c1-6-14(12-13-10-8-7-9-11-13)18-15-16(2,3)17(15,4)5/h7-11,14-15,18H,6,12H2,1-5H3. The molecule has 2 rings (SSSR count). The molecule has 0 amide bonds. The van der Waals surface area contributed by atoms with Gasteiger partial charge < -0.3 is 5.32 Å². The van der Waals surface area contributed by atoms with Crippen molar-refractivity contribution in [1.82, 2.24) is 5.32 Å². The second-order valence-corrected chi connectivity index (χ2v) is 6.84. The van der Waals surface area contributed by atoms with Gasteiger partial charge in [0.15, 0.2) is 0 Å². The van der Waals surface area contributed by atoms with Crippen LogP contribution in [0.25, 0.3) is 0 Å². The summed E-state index contributed by atoms with van der Waals surface area (Å²) < 4.78 is 0. The molecule has 100 valence electrons. The molecule has 0 radical (unpaired) electrons. The van der Waals surface area contributed by atoms with Crippen molar-refractivity contribution in [3.8, 4) is 0 Å². The van der Waals surface area contributed by atoms with E-state index < -0.39 is 0 Å². The van der Waals surface area contributed by atoms with E-state index in [1.54, 1.807) is 0 Å². The fraction of sp³-hybridized carbons (Fsp3) is 0.647. The molecule has 1 unspecified atom stereocenters. The quantitative estimate of drug-likeness (QED) is 0.826. The van der Waals surface area contributed by atoms with Crippen molar-refractivity contribution in [3.05, 3.63) is 35.9 Å². The van der Waals surface area contributed by atoms with Gasteiger partial charge in [-0.05, 0) is 29.2 Å². The lowest BCUT2D eigenvalue weighted by Gasteiger charge is -2.18. The van der Waals surface area contributed by atoms with Gasteiger partial charge in [0, 0.05) is 12.1 Å². The third kappa shape index (κ3) is 2.33. The molecule has 1 fully saturated rings. The molecule has 1 aliphatic carbocycles. The number of hydrogen-bond acceptors (Lipinski definition) is 1. The first kappa shape index (κ1) is 13.6. The lowest BCUT2D eigenvalue weighted by atomic mass is 10.0. The Labute approximate surface area is 112 Å². The summed E-state index contributed by atoms with van der Waals surface area (Å²) >= 11 is 0. The Kier molecular flexibility index (Phi) is 3.55. The number of rotatable bonds is 5. The van der Waals surface area contributed by atoms with Gasteiger partial charge in [0.05, 0.1) is 0 Å². The second kappa shape index (κ2) is 4.70. The summed E-state index contributed by atoms with van der Waals surface area (Å²) in [6.45, 7) is 11.8. The van der Waals surface area contributed by atoms with Gasteiger partial charge in [0.2, 0.25) is 0 Å². The van der Waals surface area contributed by atoms with E-state index in [2.05, 4.69) is 70.3 Å². The molecule has 1 N–H and O–H groups in total. The van der Waals surface area contributed by atoms with Gasteiger partial charge in [-0.1, -0.05) is 65.0 Å². The minimum absolute atomic E-state index is 0.428. The smallest absolute Gasteiger partial charge is 0.0183 e. The first-order valence-electron chi connectivity index (χ1n) is 7.19. The SMILES string of the molecule is CCC(Cc1ccccc1)NC1C(C)(C)C1(C)C. The lowest BCUT2D eigenvalue weighted by molar-refractivity contribution is 0.446. The fourth-order valence-corrected chi connectivity index (χ4v) is 3.07. The van der Waals surface area contributed by atoms with Crippen molar-refractivity contribution < 1.29 is 0 Å². The Morgan fingerprint density at radius 1 is 1.06 bits per heavy atom. The third-order valence-corrected chi connectivity index (χ3v) is 5.24. The number of benzene rings is 1. The van der Waals surface area contributed by atoms with Crippen molar-refractivity contribution in [2.75, 3.05) is 0 Å². The molecule has 0 saturated heterocycles. The van der Waals surface area contributed by atoms with Gasteiger partial charge in [0.25, 0.3) is 0 Å². The topological polar surface area (TPSA) is 12.0 Å². The molecule has 1 nitrogen and oxygen atoms in total. The van der Waals surface area contributed by atoms with Crippen LogP contribution in [0.15, 0.2) is 30.3 Å². The maximum atomic E-state index is 3.87. The fourth-order valence-electron chi connectivity index (χ4n) is 3.07. The average molecular weight is 245 g/mol. The maximum Gasteiger partial charge on any atom is 0.0183 e. The van der Waals surface area contributed by atoms with Crippen LogP contribution in [0.4, 0.5) is 0 Å². The summed E-state index contributed by atoms with van der Waals surface area (Å²) in [5.74, 6) is 0. The van der Waals surface area contributed by atoms with E-state index in [9.17, 15) is 0 Å². The van der Waals surface area contributed by atoms with E-state index in [0.29, 0.717) is 22.9 Å². The van der Waals surface area contributed by atoms with Crippen LogP contribution in [0.2, 0.25) is 0 Å². The third-order valence-electron chi connectivity index (χ3n) is 5.24. The van der Waals surface area contributed by atoms with Crippen molar-refractivity contribution in [1.29, 1.82) is 0 Å². The Morgan fingerprint density at radius 3 is 2.06 bits per heavy atom. The molecule has 1 atom stereocenters. The van der Waals surface area contributed by atoms with Gasteiger partial charge in [-0.15, -0.1) is 0 Å². The average Bonchev–Trinajstić information content (AvgIpc) is 2.72. The van der Waals surface area contributed by atoms with Crippen molar-refractivity contribution >= 4 is 0 Å². The minimum Gasteiger partial charge on any atom is -0.310 e. The van der Waals surface area contributed by atoms with Crippen LogP contribution in [0.1, 0.15) is 46.6 Å². The molecule has 0 bridgehead atoms. The monoisotopic (exact) mass is 245 g/mol. The van der Waals surface area contributed by atoms with Crippen LogP contribution in [0.3, 0.4) is 0 Å². The van der Waals surface area contributed by atoms with E-state index in [0.717, 1.165) is 6.42 Å². The van der Waals surface area contributed by atoms with Gasteiger partial charge in [0.1, 0.15) is 0 Å². The minimum atomic E-state index is 0.428. The summed E-state index contributed by atoms with van der Waals surface area (Å²) in [6, 6.07) is 12.1. The highest BCUT2D eigenvalue weighted by atomic mass is 15.1. The summed E-state index contributed by atoms with van der Waals surface area (Å²) in [6.07, 6.45) is 2.33. The molecule has 0 spiro atoms. The molecule has 0 aliphatic heterocycles. The van der Waals surface area contributed by atoms with Crippen molar-refractivity contribution in [2.24, 2.45) is 10.8 Å². The number of nitrogens with one attached hydrogen (secondary N) is 1. The van der Waals surface area contributed by atoms with Crippen LogP contribution in [-0.2, 0) is 6.42 Å². The first-order chi connectivity index (χ1) is 8.39. The zero-order valence-corrected chi connectivity index (χ0v) is 12.5. The second-order valence-electron chi connectivity index (χ2n) is 6.84. The lowest BCUT2D eigenvalue weighted by Crippen LogP contribution is -2.35. The summed E-state index contributed by atoms with van der Waals surface area (Å²) in [5, 5.41) is 3.87. The largest absolute Gasteiger partial charge is 0.310 e. The highest BCUT2D eigenvalue weighted by Crippen LogP contribution is 2.62. The molecule has 0 heterocycles. The number of hydrogen-bond donors (Lipinski definition) is 1. The summed E-state index contributed by atoms with van der Waals surface area (Å²) in [4.78, 5) is 0. The van der Waals surface area contributed by atoms with Crippen LogP contribution in [-0.4, -0.2) is 12.1 Å². The predicted molar refractivity (Wildman–Crippen MR) is 78.7 cm³/mol. The first-order valence-corrected chi connectivity index (χ1v) is 7.19. The molecule has 1 aromatic rings. The normalized spacial score (nSPS) is 22.7. The van der Waals surface area contributed by atoms with Crippen LogP contribution < -0.4 is 5.32 Å².